The van der Waals surface area contributed by atoms with Gasteiger partial charge in [-0.25, -0.2) is 0 Å². The molecule has 1 atom stereocenters. The number of hydrogen-bond donors (Lipinski definition) is 1. The van der Waals surface area contributed by atoms with Crippen molar-refractivity contribution in [2.45, 2.75) is 12.5 Å². The third-order valence-corrected chi connectivity index (χ3v) is 3.81. The number of hydrogen-bond acceptors (Lipinski definition) is 4. The van der Waals surface area contributed by atoms with Crippen LogP contribution >= 0.6 is 0 Å². The quantitative estimate of drug-likeness (QED) is 0.914. The van der Waals surface area contributed by atoms with Crippen LogP contribution in [0.25, 0.3) is 11.1 Å². The number of nitrogens with one attached hydrogen (secondary N) is 1. The van der Waals surface area contributed by atoms with Crippen molar-refractivity contribution in [1.29, 1.82) is 0 Å². The normalized spacial score (nSPS) is 16.0. The SMILES string of the molecule is CN(C)CC(=O)NCC1Cc2cccc(-c3ccncc3)c2O1. The molecule has 23 heavy (non-hydrogen) atoms. The minimum absolute atomic E-state index is 0.0147. The molecule has 0 bridgehead atoms. The van der Waals surface area contributed by atoms with Gasteiger partial charge in [-0.1, -0.05) is 18.2 Å². The van der Waals surface area contributed by atoms with Crippen LogP contribution in [0, 0.1) is 0 Å². The second-order valence-electron chi connectivity index (χ2n) is 6.02. The first-order valence-electron chi connectivity index (χ1n) is 7.74. The molecule has 0 spiro atoms. The van der Waals surface area contributed by atoms with Crippen molar-refractivity contribution in [2.75, 3.05) is 27.2 Å². The molecular weight excluding hydrogens is 290 g/mol. The van der Waals surface area contributed by atoms with Crippen LogP contribution in [0.4, 0.5) is 0 Å². The molecule has 0 fully saturated rings. The monoisotopic (exact) mass is 311 g/mol. The number of benzene rings is 1. The molecule has 1 aliphatic heterocycles. The van der Waals surface area contributed by atoms with E-state index in [0.717, 1.165) is 23.3 Å². The van der Waals surface area contributed by atoms with Crippen LogP contribution in [-0.2, 0) is 11.2 Å². The minimum Gasteiger partial charge on any atom is -0.487 e. The van der Waals surface area contributed by atoms with Crippen molar-refractivity contribution >= 4 is 5.91 Å². The summed E-state index contributed by atoms with van der Waals surface area (Å²) in [4.78, 5) is 17.7. The van der Waals surface area contributed by atoms with Crippen molar-refractivity contribution in [3.05, 3.63) is 48.3 Å². The Balaban J connectivity index is 1.68. The van der Waals surface area contributed by atoms with Gasteiger partial charge in [0.2, 0.25) is 5.91 Å². The Labute approximate surface area is 136 Å². The van der Waals surface area contributed by atoms with Crippen LogP contribution in [0.3, 0.4) is 0 Å². The minimum atomic E-state index is -0.0147. The number of carbonyl (C=O) groups is 1. The number of amides is 1. The van der Waals surface area contributed by atoms with Crippen molar-refractivity contribution in [2.24, 2.45) is 0 Å². The van der Waals surface area contributed by atoms with Crippen molar-refractivity contribution < 1.29 is 9.53 Å². The Kier molecular flexibility index (Phi) is 4.57. The van der Waals surface area contributed by atoms with E-state index in [1.165, 1.54) is 5.56 Å². The first-order chi connectivity index (χ1) is 11.1. The number of nitrogens with zero attached hydrogens (tertiary/aromatic N) is 2. The van der Waals surface area contributed by atoms with Gasteiger partial charge in [-0.05, 0) is 37.4 Å². The molecule has 0 radical (unpaired) electrons. The predicted molar refractivity (Wildman–Crippen MR) is 89.4 cm³/mol. The third-order valence-electron chi connectivity index (χ3n) is 3.81. The lowest BCUT2D eigenvalue weighted by atomic mass is 10.0. The summed E-state index contributed by atoms with van der Waals surface area (Å²) in [6, 6.07) is 10.1. The summed E-state index contributed by atoms with van der Waals surface area (Å²) in [6.45, 7) is 0.916. The molecule has 1 unspecified atom stereocenters. The summed E-state index contributed by atoms with van der Waals surface area (Å²) in [5, 5.41) is 2.93. The molecule has 1 N–H and O–H groups in total. The highest BCUT2D eigenvalue weighted by Gasteiger charge is 2.25. The van der Waals surface area contributed by atoms with Crippen LogP contribution < -0.4 is 10.1 Å². The molecule has 0 saturated carbocycles. The third kappa shape index (κ3) is 3.68. The second kappa shape index (κ2) is 6.79. The maximum atomic E-state index is 11.8. The number of fused-ring (bicyclic) bond motifs is 1. The Bertz CT molecular complexity index is 686. The standard InChI is InChI=1S/C18H21N3O2/c1-21(2)12-17(22)20-11-15-10-14-4-3-5-16(18(14)23-15)13-6-8-19-9-7-13/h3-9,15H,10-12H2,1-2H3,(H,20,22). The summed E-state index contributed by atoms with van der Waals surface area (Å²) in [7, 11) is 3.75. The van der Waals surface area contributed by atoms with E-state index >= 15 is 0 Å². The average molecular weight is 311 g/mol. The van der Waals surface area contributed by atoms with E-state index in [0.29, 0.717) is 13.1 Å². The maximum absolute atomic E-state index is 11.8. The molecule has 2 heterocycles. The summed E-state index contributed by atoms with van der Waals surface area (Å²) >= 11 is 0. The first-order valence-corrected chi connectivity index (χ1v) is 7.74. The van der Waals surface area contributed by atoms with Gasteiger partial charge in [-0.2, -0.15) is 0 Å². The van der Waals surface area contributed by atoms with Gasteiger partial charge in [-0.15, -0.1) is 0 Å². The zero-order valence-corrected chi connectivity index (χ0v) is 13.5. The topological polar surface area (TPSA) is 54.5 Å². The molecule has 0 aliphatic carbocycles. The molecule has 120 valence electrons. The van der Waals surface area contributed by atoms with Gasteiger partial charge in [0.05, 0.1) is 13.1 Å². The van der Waals surface area contributed by atoms with E-state index in [1.54, 1.807) is 12.4 Å². The Morgan fingerprint density at radius 1 is 1.30 bits per heavy atom. The number of rotatable bonds is 5. The van der Waals surface area contributed by atoms with E-state index in [-0.39, 0.29) is 12.0 Å². The van der Waals surface area contributed by atoms with E-state index in [2.05, 4.69) is 22.4 Å². The predicted octanol–water partition coefficient (Wildman–Crippen LogP) is 1.73. The van der Waals surface area contributed by atoms with E-state index < -0.39 is 0 Å². The van der Waals surface area contributed by atoms with Crippen LogP contribution in [0.15, 0.2) is 42.7 Å². The van der Waals surface area contributed by atoms with Crippen LogP contribution in [0.1, 0.15) is 5.56 Å². The van der Waals surface area contributed by atoms with E-state index in [9.17, 15) is 4.79 Å². The van der Waals surface area contributed by atoms with E-state index in [1.807, 2.05) is 37.2 Å². The van der Waals surface area contributed by atoms with Crippen molar-refractivity contribution in [3.63, 3.8) is 0 Å². The van der Waals surface area contributed by atoms with Crippen LogP contribution in [0.5, 0.6) is 5.75 Å². The molecule has 3 rings (SSSR count). The molecule has 5 heteroatoms. The second-order valence-corrected chi connectivity index (χ2v) is 6.02. The number of para-hydroxylation sites is 1. The number of carbonyl (C=O) groups excluding carboxylic acids is 1. The van der Waals surface area contributed by atoms with Crippen LogP contribution in [-0.4, -0.2) is 49.1 Å². The Morgan fingerprint density at radius 3 is 2.83 bits per heavy atom. The molecule has 0 saturated heterocycles. The highest BCUT2D eigenvalue weighted by atomic mass is 16.5. The Morgan fingerprint density at radius 2 is 2.09 bits per heavy atom. The molecule has 1 aromatic heterocycles. The van der Waals surface area contributed by atoms with Gasteiger partial charge in [0, 0.05) is 24.4 Å². The fourth-order valence-corrected chi connectivity index (χ4v) is 2.78. The van der Waals surface area contributed by atoms with Crippen molar-refractivity contribution in [1.82, 2.24) is 15.2 Å². The molecule has 5 nitrogen and oxygen atoms in total. The number of ether oxygens (including phenoxy) is 1. The Hall–Kier alpha value is -2.40. The molecule has 1 aliphatic rings. The molecule has 2 aromatic rings. The zero-order valence-electron chi connectivity index (χ0n) is 13.5. The van der Waals surface area contributed by atoms with Gasteiger partial charge in [-0.3, -0.25) is 9.78 Å². The lowest BCUT2D eigenvalue weighted by molar-refractivity contribution is -0.122. The fourth-order valence-electron chi connectivity index (χ4n) is 2.78. The average Bonchev–Trinajstić information content (AvgIpc) is 2.96. The highest BCUT2D eigenvalue weighted by molar-refractivity contribution is 5.78. The number of likely N-dealkylation sites (N-methyl/N-ethyl adjacent to an activating group) is 1. The number of aromatic nitrogens is 1. The molecule has 1 amide bonds. The van der Waals surface area contributed by atoms with Gasteiger partial charge < -0.3 is 15.0 Å². The van der Waals surface area contributed by atoms with Gasteiger partial charge in [0.15, 0.2) is 0 Å². The number of pyridine rings is 1. The lowest BCUT2D eigenvalue weighted by Gasteiger charge is -2.15. The summed E-state index contributed by atoms with van der Waals surface area (Å²) < 4.78 is 6.10. The van der Waals surface area contributed by atoms with Crippen LogP contribution in [0.2, 0.25) is 0 Å². The summed E-state index contributed by atoms with van der Waals surface area (Å²) in [6.07, 6.45) is 4.36. The first kappa shape index (κ1) is 15.5. The maximum Gasteiger partial charge on any atom is 0.234 e. The van der Waals surface area contributed by atoms with Gasteiger partial charge >= 0.3 is 0 Å². The van der Waals surface area contributed by atoms with Gasteiger partial charge in [0.25, 0.3) is 0 Å². The zero-order chi connectivity index (χ0) is 16.2. The van der Waals surface area contributed by atoms with Gasteiger partial charge in [0.1, 0.15) is 11.9 Å². The largest absolute Gasteiger partial charge is 0.487 e. The molecular formula is C18H21N3O2. The lowest BCUT2D eigenvalue weighted by Crippen LogP contribution is -2.39. The smallest absolute Gasteiger partial charge is 0.234 e. The van der Waals surface area contributed by atoms with Crippen molar-refractivity contribution in [3.8, 4) is 16.9 Å². The fraction of sp³-hybridized carbons (Fsp3) is 0.333. The highest BCUT2D eigenvalue weighted by Crippen LogP contribution is 2.38. The molecule has 1 aromatic carbocycles. The summed E-state index contributed by atoms with van der Waals surface area (Å²) in [5.74, 6) is 0.939. The summed E-state index contributed by atoms with van der Waals surface area (Å²) in [5.41, 5.74) is 3.35. The van der Waals surface area contributed by atoms with E-state index in [4.69, 9.17) is 4.74 Å².